The van der Waals surface area contributed by atoms with E-state index in [2.05, 4.69) is 42.5 Å². The third kappa shape index (κ3) is 2.47. The zero-order valence-electron chi connectivity index (χ0n) is 8.65. The molecule has 1 saturated carbocycles. The Morgan fingerprint density at radius 1 is 0.857 bits per heavy atom. The first kappa shape index (κ1) is 9.51. The maximum Gasteiger partial charge on any atom is -0.0130 e. The molecule has 0 aromatic heterocycles. The Kier molecular flexibility index (Phi) is 3.39. The molecule has 0 aliphatic heterocycles. The van der Waals surface area contributed by atoms with Crippen molar-refractivity contribution in [1.82, 2.24) is 0 Å². The summed E-state index contributed by atoms with van der Waals surface area (Å²) in [5.41, 5.74) is 1.62. The molecule has 0 amide bonds. The van der Waals surface area contributed by atoms with Gasteiger partial charge in [-0.2, -0.15) is 0 Å². The van der Waals surface area contributed by atoms with Crippen LogP contribution in [0.2, 0.25) is 0 Å². The highest BCUT2D eigenvalue weighted by molar-refractivity contribution is 5.25. The van der Waals surface area contributed by atoms with Gasteiger partial charge in [-0.15, -0.1) is 0 Å². The van der Waals surface area contributed by atoms with Crippen molar-refractivity contribution in [2.24, 2.45) is 5.92 Å². The van der Waals surface area contributed by atoms with Crippen molar-refractivity contribution in [3.8, 4) is 0 Å². The highest BCUT2D eigenvalue weighted by atomic mass is 14.2. The van der Waals surface area contributed by atoms with Gasteiger partial charge in [0.05, 0.1) is 0 Å². The van der Waals surface area contributed by atoms with E-state index >= 15 is 0 Å². The van der Waals surface area contributed by atoms with E-state index < -0.39 is 0 Å². The zero-order chi connectivity index (χ0) is 9.64. The molecule has 0 radical (unpaired) electrons. The van der Waals surface area contributed by atoms with Crippen molar-refractivity contribution >= 4 is 0 Å². The molecule has 14 heavy (non-hydrogen) atoms. The second-order valence-electron chi connectivity index (χ2n) is 4.13. The second kappa shape index (κ2) is 4.99. The zero-order valence-corrected chi connectivity index (χ0v) is 8.65. The number of rotatable bonds is 1. The van der Waals surface area contributed by atoms with Crippen molar-refractivity contribution in [3.05, 3.63) is 48.1 Å². The van der Waals surface area contributed by atoms with Crippen molar-refractivity contribution in [2.75, 3.05) is 0 Å². The molecular formula is C14H18. The molecule has 0 bridgehead atoms. The Morgan fingerprint density at radius 2 is 1.57 bits per heavy atom. The largest absolute Gasteiger partial charge is 0.0805 e. The molecule has 74 valence electrons. The number of hydrogen-bond acceptors (Lipinski definition) is 0. The third-order valence-corrected chi connectivity index (χ3v) is 3.12. The van der Waals surface area contributed by atoms with Gasteiger partial charge >= 0.3 is 0 Å². The molecule has 1 fully saturated rings. The number of hydrogen-bond donors (Lipinski definition) is 0. The number of allylic oxidation sites excluding steroid dienone is 8. The molecule has 0 atom stereocenters. The predicted octanol–water partition coefficient (Wildman–Crippen LogP) is 4.18. The van der Waals surface area contributed by atoms with E-state index in [0.717, 1.165) is 12.3 Å². The van der Waals surface area contributed by atoms with Gasteiger partial charge in [0.1, 0.15) is 0 Å². The topological polar surface area (TPSA) is 0 Å². The molecule has 2 aliphatic carbocycles. The summed E-state index contributed by atoms with van der Waals surface area (Å²) < 4.78 is 0. The lowest BCUT2D eigenvalue weighted by molar-refractivity contribution is 0.629. The monoisotopic (exact) mass is 186 g/mol. The van der Waals surface area contributed by atoms with Crippen LogP contribution in [0.5, 0.6) is 0 Å². The summed E-state index contributed by atoms with van der Waals surface area (Å²) in [7, 11) is 0. The maximum atomic E-state index is 2.32. The van der Waals surface area contributed by atoms with Crippen LogP contribution in [-0.2, 0) is 0 Å². The first-order valence-corrected chi connectivity index (χ1v) is 5.66. The van der Waals surface area contributed by atoms with Crippen LogP contribution in [-0.4, -0.2) is 0 Å². The van der Waals surface area contributed by atoms with Crippen molar-refractivity contribution in [2.45, 2.75) is 32.1 Å². The van der Waals surface area contributed by atoms with E-state index in [9.17, 15) is 0 Å². The van der Waals surface area contributed by atoms with Crippen molar-refractivity contribution in [1.29, 1.82) is 0 Å². The van der Waals surface area contributed by atoms with E-state index in [1.165, 1.54) is 25.7 Å². The summed E-state index contributed by atoms with van der Waals surface area (Å²) in [6.45, 7) is 0. The van der Waals surface area contributed by atoms with Crippen LogP contribution in [0.25, 0.3) is 0 Å². The molecule has 2 rings (SSSR count). The van der Waals surface area contributed by atoms with E-state index in [0.29, 0.717) is 0 Å². The fourth-order valence-corrected chi connectivity index (χ4v) is 2.32. The summed E-state index contributed by atoms with van der Waals surface area (Å²) in [6.07, 6.45) is 22.0. The smallest absolute Gasteiger partial charge is 0.0130 e. The molecule has 0 N–H and O–H groups in total. The van der Waals surface area contributed by atoms with Crippen LogP contribution in [0.15, 0.2) is 48.1 Å². The lowest BCUT2D eigenvalue weighted by Gasteiger charge is -2.11. The van der Waals surface area contributed by atoms with Gasteiger partial charge in [-0.3, -0.25) is 0 Å². The van der Waals surface area contributed by atoms with Crippen molar-refractivity contribution in [3.63, 3.8) is 0 Å². The SMILES string of the molecule is C1=C\C=C/C/C(C2CCCC2)=C\C=C/1. The minimum atomic E-state index is 0.863. The van der Waals surface area contributed by atoms with Gasteiger partial charge < -0.3 is 0 Å². The van der Waals surface area contributed by atoms with Gasteiger partial charge in [-0.05, 0) is 25.2 Å². The first-order valence-electron chi connectivity index (χ1n) is 5.66. The molecule has 0 heteroatoms. The standard InChI is InChI=1S/C14H18/c1-2-4-6-10-13(9-5-3-1)14-11-7-8-12-14/h1-6,9,14H,7-8,10-12H2/b2-1-,5-3-,6-4-,13-9+. The van der Waals surface area contributed by atoms with Gasteiger partial charge in [0, 0.05) is 0 Å². The quantitative estimate of drug-likeness (QED) is 0.576. The average Bonchev–Trinajstić information content (AvgIpc) is 2.75. The van der Waals surface area contributed by atoms with Crippen LogP contribution in [0, 0.1) is 5.92 Å². The summed E-state index contributed by atoms with van der Waals surface area (Å²) in [6, 6.07) is 0. The predicted molar refractivity (Wildman–Crippen MR) is 62.1 cm³/mol. The highest BCUT2D eigenvalue weighted by Crippen LogP contribution is 2.32. The molecule has 0 saturated heterocycles. The van der Waals surface area contributed by atoms with Gasteiger partial charge in [-0.25, -0.2) is 0 Å². The Labute approximate surface area is 86.7 Å². The van der Waals surface area contributed by atoms with Crippen molar-refractivity contribution < 1.29 is 0 Å². The summed E-state index contributed by atoms with van der Waals surface area (Å²) in [5.74, 6) is 0.863. The molecule has 0 aromatic rings. The average molecular weight is 186 g/mol. The van der Waals surface area contributed by atoms with Crippen LogP contribution in [0.3, 0.4) is 0 Å². The van der Waals surface area contributed by atoms with Gasteiger partial charge in [0.25, 0.3) is 0 Å². The molecule has 0 heterocycles. The molecule has 2 aliphatic rings. The molecular weight excluding hydrogens is 168 g/mol. The summed E-state index contributed by atoms with van der Waals surface area (Å²) in [5, 5.41) is 0. The Balaban J connectivity index is 2.08. The van der Waals surface area contributed by atoms with Gasteiger partial charge in [0.2, 0.25) is 0 Å². The normalized spacial score (nSPS) is 33.6. The Bertz CT molecular complexity index is 283. The van der Waals surface area contributed by atoms with Gasteiger partial charge in [-0.1, -0.05) is 60.9 Å². The lowest BCUT2D eigenvalue weighted by atomic mass is 9.94. The third-order valence-electron chi connectivity index (χ3n) is 3.12. The fourth-order valence-electron chi connectivity index (χ4n) is 2.32. The minimum absolute atomic E-state index is 0.863. The minimum Gasteiger partial charge on any atom is -0.0805 e. The molecule has 0 nitrogen and oxygen atoms in total. The van der Waals surface area contributed by atoms with Crippen LogP contribution >= 0.6 is 0 Å². The fraction of sp³-hybridized carbons (Fsp3) is 0.429. The summed E-state index contributed by atoms with van der Waals surface area (Å²) in [4.78, 5) is 0. The maximum absolute atomic E-state index is 2.32. The Morgan fingerprint density at radius 3 is 2.43 bits per heavy atom. The van der Waals surface area contributed by atoms with Crippen LogP contribution in [0.4, 0.5) is 0 Å². The van der Waals surface area contributed by atoms with E-state index in [1.807, 2.05) is 0 Å². The molecule has 0 unspecified atom stereocenters. The van der Waals surface area contributed by atoms with E-state index in [4.69, 9.17) is 0 Å². The van der Waals surface area contributed by atoms with Crippen LogP contribution < -0.4 is 0 Å². The lowest BCUT2D eigenvalue weighted by Crippen LogP contribution is -1.97. The molecule has 0 spiro atoms. The van der Waals surface area contributed by atoms with Crippen LogP contribution in [0.1, 0.15) is 32.1 Å². The van der Waals surface area contributed by atoms with E-state index in [-0.39, 0.29) is 0 Å². The highest BCUT2D eigenvalue weighted by Gasteiger charge is 2.17. The second-order valence-corrected chi connectivity index (χ2v) is 4.13. The van der Waals surface area contributed by atoms with E-state index in [1.54, 1.807) is 5.57 Å². The van der Waals surface area contributed by atoms with Gasteiger partial charge in [0.15, 0.2) is 0 Å². The first-order chi connectivity index (χ1) is 6.97. The Hall–Kier alpha value is -1.04. The summed E-state index contributed by atoms with van der Waals surface area (Å²) >= 11 is 0. The molecule has 0 aromatic carbocycles.